The summed E-state index contributed by atoms with van der Waals surface area (Å²) in [7, 11) is -3.38. The van der Waals surface area contributed by atoms with E-state index >= 15 is 0 Å². The number of fused-ring (bicyclic) bond motifs is 1. The van der Waals surface area contributed by atoms with Crippen LogP contribution in [0, 0.1) is 17.8 Å². The molecule has 1 amide bonds. The summed E-state index contributed by atoms with van der Waals surface area (Å²) in [6, 6.07) is 3.42. The Morgan fingerprint density at radius 2 is 1.68 bits per heavy atom. The van der Waals surface area contributed by atoms with Crippen molar-refractivity contribution in [2.45, 2.75) is 42.7 Å². The van der Waals surface area contributed by atoms with Gasteiger partial charge in [0.2, 0.25) is 5.91 Å². The van der Waals surface area contributed by atoms with Crippen LogP contribution in [-0.2, 0) is 14.8 Å². The lowest BCUT2D eigenvalue weighted by Crippen LogP contribution is -2.43. The van der Waals surface area contributed by atoms with Crippen molar-refractivity contribution < 1.29 is 13.2 Å². The number of thiophene rings is 1. The van der Waals surface area contributed by atoms with E-state index in [0.717, 1.165) is 13.1 Å². The quantitative estimate of drug-likeness (QED) is 0.808. The Bertz CT molecular complexity index is 695. The third-order valence-electron chi connectivity index (χ3n) is 6.18. The molecule has 1 aliphatic carbocycles. The van der Waals surface area contributed by atoms with E-state index in [1.807, 2.05) is 0 Å². The maximum Gasteiger partial charge on any atom is 0.252 e. The average Bonchev–Trinajstić information content (AvgIpc) is 3.31. The van der Waals surface area contributed by atoms with Gasteiger partial charge in [-0.05, 0) is 49.0 Å². The lowest BCUT2D eigenvalue weighted by atomic mass is 9.82. The van der Waals surface area contributed by atoms with Crippen LogP contribution in [0.5, 0.6) is 0 Å². The zero-order chi connectivity index (χ0) is 17.4. The second-order valence-corrected chi connectivity index (χ2v) is 10.8. The molecule has 2 unspecified atom stereocenters. The van der Waals surface area contributed by atoms with Gasteiger partial charge in [0.15, 0.2) is 0 Å². The van der Waals surface area contributed by atoms with Crippen LogP contribution in [0.3, 0.4) is 0 Å². The minimum absolute atomic E-state index is 0.00469. The van der Waals surface area contributed by atoms with E-state index in [9.17, 15) is 13.2 Å². The van der Waals surface area contributed by atoms with Crippen molar-refractivity contribution in [2.75, 3.05) is 26.2 Å². The third kappa shape index (κ3) is 3.38. The van der Waals surface area contributed by atoms with Crippen LogP contribution < -0.4 is 0 Å². The van der Waals surface area contributed by atoms with Gasteiger partial charge in [0.05, 0.1) is 0 Å². The number of nitrogens with zero attached hydrogens (tertiary/aromatic N) is 2. The molecule has 138 valence electrons. The van der Waals surface area contributed by atoms with E-state index in [1.54, 1.807) is 21.8 Å². The number of rotatable bonds is 3. The van der Waals surface area contributed by atoms with Gasteiger partial charge in [-0.3, -0.25) is 4.79 Å². The van der Waals surface area contributed by atoms with Crippen LogP contribution in [-0.4, -0.2) is 49.7 Å². The van der Waals surface area contributed by atoms with E-state index in [-0.39, 0.29) is 11.8 Å². The highest BCUT2D eigenvalue weighted by Crippen LogP contribution is 2.37. The fourth-order valence-corrected chi connectivity index (χ4v) is 7.34. The number of likely N-dealkylation sites (tertiary alicyclic amines) is 1. The van der Waals surface area contributed by atoms with Gasteiger partial charge in [-0.2, -0.15) is 4.31 Å². The zero-order valence-corrected chi connectivity index (χ0v) is 16.1. The predicted octanol–water partition coefficient (Wildman–Crippen LogP) is 2.80. The van der Waals surface area contributed by atoms with Gasteiger partial charge < -0.3 is 4.90 Å². The van der Waals surface area contributed by atoms with Crippen molar-refractivity contribution in [3.63, 3.8) is 0 Å². The number of amides is 1. The Labute approximate surface area is 154 Å². The first-order valence-corrected chi connectivity index (χ1v) is 11.7. The van der Waals surface area contributed by atoms with Crippen LogP contribution in [0.1, 0.15) is 38.5 Å². The van der Waals surface area contributed by atoms with Gasteiger partial charge in [-0.15, -0.1) is 11.3 Å². The molecule has 1 aromatic heterocycles. The van der Waals surface area contributed by atoms with Crippen LogP contribution in [0.2, 0.25) is 0 Å². The van der Waals surface area contributed by atoms with Gasteiger partial charge in [0, 0.05) is 32.1 Å². The van der Waals surface area contributed by atoms with Crippen LogP contribution in [0.15, 0.2) is 21.7 Å². The molecule has 4 rings (SSSR count). The Morgan fingerprint density at radius 3 is 2.24 bits per heavy atom. The fraction of sp³-hybridized carbons (Fsp3) is 0.722. The summed E-state index contributed by atoms with van der Waals surface area (Å²) in [6.07, 6.45) is 6.45. The predicted molar refractivity (Wildman–Crippen MR) is 97.8 cm³/mol. The van der Waals surface area contributed by atoms with Crippen molar-refractivity contribution in [1.29, 1.82) is 0 Å². The Hall–Kier alpha value is -0.920. The van der Waals surface area contributed by atoms with E-state index < -0.39 is 10.0 Å². The molecular formula is C18H26N2O3S2. The fourth-order valence-electron chi connectivity index (χ4n) is 4.72. The molecule has 3 heterocycles. The Kier molecular flexibility index (Phi) is 4.90. The zero-order valence-electron chi connectivity index (χ0n) is 14.5. The van der Waals surface area contributed by atoms with E-state index in [2.05, 4.69) is 4.90 Å². The molecule has 0 radical (unpaired) electrons. The second kappa shape index (κ2) is 7.00. The molecule has 5 nitrogen and oxygen atoms in total. The van der Waals surface area contributed by atoms with Gasteiger partial charge >= 0.3 is 0 Å². The molecule has 25 heavy (non-hydrogen) atoms. The van der Waals surface area contributed by atoms with Gasteiger partial charge in [-0.25, -0.2) is 8.42 Å². The van der Waals surface area contributed by atoms with Gasteiger partial charge in [0.1, 0.15) is 4.21 Å². The maximum atomic E-state index is 12.9. The summed E-state index contributed by atoms with van der Waals surface area (Å²) >= 11 is 1.26. The number of sulfonamides is 1. The Morgan fingerprint density at radius 1 is 1.04 bits per heavy atom. The molecular weight excluding hydrogens is 356 g/mol. The minimum Gasteiger partial charge on any atom is -0.342 e. The number of hydrogen-bond donors (Lipinski definition) is 0. The molecule has 2 atom stereocenters. The van der Waals surface area contributed by atoms with Crippen molar-refractivity contribution in [1.82, 2.24) is 9.21 Å². The van der Waals surface area contributed by atoms with Crippen molar-refractivity contribution in [3.05, 3.63) is 17.5 Å². The Balaban J connectivity index is 1.35. The number of hydrogen-bond acceptors (Lipinski definition) is 4. The average molecular weight is 383 g/mol. The maximum absolute atomic E-state index is 12.9. The first-order valence-electron chi connectivity index (χ1n) is 9.38. The van der Waals surface area contributed by atoms with E-state index in [1.165, 1.54) is 37.0 Å². The monoisotopic (exact) mass is 382 g/mol. The highest BCUT2D eigenvalue weighted by atomic mass is 32.2. The topological polar surface area (TPSA) is 57.7 Å². The largest absolute Gasteiger partial charge is 0.342 e. The summed E-state index contributed by atoms with van der Waals surface area (Å²) in [5.74, 6) is 1.67. The third-order valence-corrected chi connectivity index (χ3v) is 9.45. The SMILES string of the molecule is O=C(C1CCN(S(=O)(=O)c2cccs2)CC1)N1CC2CCCCC2C1. The molecule has 3 aliphatic rings. The molecule has 2 saturated heterocycles. The molecule has 0 bridgehead atoms. The van der Waals surface area contributed by atoms with Gasteiger partial charge in [-0.1, -0.05) is 18.9 Å². The standard InChI is InChI=1S/C18H26N2O3S2/c21-18(19-12-15-4-1-2-5-16(15)13-19)14-7-9-20(10-8-14)25(22,23)17-6-3-11-24-17/h3,6,11,14-16H,1-2,4-5,7-10,12-13H2. The van der Waals surface area contributed by atoms with E-state index in [4.69, 9.17) is 0 Å². The van der Waals surface area contributed by atoms with Crippen molar-refractivity contribution in [3.8, 4) is 0 Å². The molecule has 0 spiro atoms. The molecule has 0 N–H and O–H groups in total. The highest BCUT2D eigenvalue weighted by molar-refractivity contribution is 7.91. The minimum atomic E-state index is -3.38. The normalized spacial score (nSPS) is 28.9. The van der Waals surface area contributed by atoms with Crippen molar-refractivity contribution in [2.24, 2.45) is 17.8 Å². The summed E-state index contributed by atoms with van der Waals surface area (Å²) in [5.41, 5.74) is 0. The van der Waals surface area contributed by atoms with Crippen LogP contribution in [0.4, 0.5) is 0 Å². The summed E-state index contributed by atoms with van der Waals surface area (Å²) in [6.45, 7) is 2.77. The summed E-state index contributed by atoms with van der Waals surface area (Å²) in [5, 5.41) is 1.79. The van der Waals surface area contributed by atoms with Crippen LogP contribution >= 0.6 is 11.3 Å². The first-order chi connectivity index (χ1) is 12.1. The molecule has 1 saturated carbocycles. The molecule has 7 heteroatoms. The summed E-state index contributed by atoms with van der Waals surface area (Å²) in [4.78, 5) is 15.0. The first kappa shape index (κ1) is 17.5. The lowest BCUT2D eigenvalue weighted by molar-refractivity contribution is -0.135. The molecule has 3 fully saturated rings. The second-order valence-electron chi connectivity index (χ2n) is 7.66. The molecule has 2 aliphatic heterocycles. The van der Waals surface area contributed by atoms with Gasteiger partial charge in [0.25, 0.3) is 10.0 Å². The van der Waals surface area contributed by atoms with Crippen LogP contribution in [0.25, 0.3) is 0 Å². The lowest BCUT2D eigenvalue weighted by Gasteiger charge is -2.32. The van der Waals surface area contributed by atoms with Crippen molar-refractivity contribution >= 4 is 27.3 Å². The van der Waals surface area contributed by atoms with E-state index in [0.29, 0.717) is 42.0 Å². The molecule has 0 aromatic carbocycles. The smallest absolute Gasteiger partial charge is 0.252 e. The number of piperidine rings is 1. The highest BCUT2D eigenvalue weighted by Gasteiger charge is 2.40. The summed E-state index contributed by atoms with van der Waals surface area (Å²) < 4.78 is 27.1. The number of carbonyl (C=O) groups is 1. The molecule has 1 aromatic rings. The number of carbonyl (C=O) groups excluding carboxylic acids is 1.